The quantitative estimate of drug-likeness (QED) is 0.317. The Morgan fingerprint density at radius 1 is 1.16 bits per heavy atom. The zero-order valence-electron chi connectivity index (χ0n) is 24.5. The Labute approximate surface area is 270 Å². The van der Waals surface area contributed by atoms with Crippen molar-refractivity contribution in [1.29, 1.82) is 0 Å². The molecule has 7 rings (SSSR count). The molecule has 2 N–H and O–H groups in total. The number of fused-ring (bicyclic) bond motifs is 3. The number of benzene rings is 3. The molecule has 1 amide bonds. The Balaban J connectivity index is 1.44. The SMILES string of the molecule is CCOc1cccc(CN2[C@H]3CCN(CC4=C(C(=O)O)CN=C4)[C@H]3[C@H](c3cccc(Cl)c3F)[C@]23C(=O)Nc2cc(Cl)ccc23)c1. The van der Waals surface area contributed by atoms with Crippen LogP contribution in [0, 0.1) is 5.82 Å². The second-order valence-electron chi connectivity index (χ2n) is 11.8. The van der Waals surface area contributed by atoms with Gasteiger partial charge in [0.15, 0.2) is 0 Å². The lowest BCUT2D eigenvalue weighted by atomic mass is 9.73. The van der Waals surface area contributed by atoms with Gasteiger partial charge in [-0.3, -0.25) is 19.6 Å². The summed E-state index contributed by atoms with van der Waals surface area (Å²) in [5, 5.41) is 13.4. The summed E-state index contributed by atoms with van der Waals surface area (Å²) in [5.74, 6) is -1.82. The summed E-state index contributed by atoms with van der Waals surface area (Å²) < 4.78 is 22.1. The number of carbonyl (C=O) groups is 2. The molecule has 0 radical (unpaired) electrons. The van der Waals surface area contributed by atoms with E-state index in [2.05, 4.69) is 20.1 Å². The molecule has 2 saturated heterocycles. The molecule has 8 nitrogen and oxygen atoms in total. The molecule has 3 aromatic rings. The highest BCUT2D eigenvalue weighted by molar-refractivity contribution is 6.31. The summed E-state index contributed by atoms with van der Waals surface area (Å²) in [4.78, 5) is 35.3. The number of rotatable bonds is 8. The Bertz CT molecular complexity index is 1780. The fourth-order valence-corrected chi connectivity index (χ4v) is 8.24. The molecule has 4 aliphatic rings. The van der Waals surface area contributed by atoms with Gasteiger partial charge in [-0.05, 0) is 60.4 Å². The fraction of sp³-hybridized carbons (Fsp3) is 0.324. The molecule has 1 spiro atoms. The summed E-state index contributed by atoms with van der Waals surface area (Å²) >= 11 is 12.8. The van der Waals surface area contributed by atoms with Gasteiger partial charge in [0.05, 0.1) is 23.7 Å². The van der Waals surface area contributed by atoms with E-state index in [1.165, 1.54) is 6.07 Å². The van der Waals surface area contributed by atoms with Gasteiger partial charge >= 0.3 is 5.97 Å². The molecule has 232 valence electrons. The number of aliphatic imine (C=N–C) groups is 1. The van der Waals surface area contributed by atoms with Gasteiger partial charge in [-0.25, -0.2) is 9.18 Å². The second-order valence-corrected chi connectivity index (χ2v) is 12.7. The molecule has 0 aromatic heterocycles. The Morgan fingerprint density at radius 2 is 1.98 bits per heavy atom. The number of carboxylic acids is 1. The van der Waals surface area contributed by atoms with Crippen LogP contribution in [0.2, 0.25) is 10.0 Å². The first-order chi connectivity index (χ1) is 21.7. The second kappa shape index (κ2) is 11.6. The van der Waals surface area contributed by atoms with Crippen molar-refractivity contribution in [2.75, 3.05) is 31.6 Å². The largest absolute Gasteiger partial charge is 0.494 e. The van der Waals surface area contributed by atoms with Crippen molar-refractivity contribution in [3.8, 4) is 5.75 Å². The predicted octanol–water partition coefficient (Wildman–Crippen LogP) is 5.89. The van der Waals surface area contributed by atoms with E-state index in [0.29, 0.717) is 60.1 Å². The number of halogens is 3. The number of amides is 1. The van der Waals surface area contributed by atoms with Crippen molar-refractivity contribution in [1.82, 2.24) is 9.80 Å². The number of ether oxygens (including phenoxy) is 1. The van der Waals surface area contributed by atoms with Gasteiger partial charge in [-0.15, -0.1) is 0 Å². The van der Waals surface area contributed by atoms with E-state index in [0.717, 1.165) is 11.3 Å². The number of hydrogen-bond acceptors (Lipinski definition) is 6. The van der Waals surface area contributed by atoms with E-state index in [-0.39, 0.29) is 35.1 Å². The smallest absolute Gasteiger partial charge is 0.333 e. The number of likely N-dealkylation sites (tertiary alicyclic amines) is 2. The van der Waals surface area contributed by atoms with Crippen LogP contribution in [0.15, 0.2) is 76.8 Å². The van der Waals surface area contributed by atoms with Crippen LogP contribution in [0.1, 0.15) is 36.0 Å². The third kappa shape index (κ3) is 4.76. The first kappa shape index (κ1) is 29.9. The van der Waals surface area contributed by atoms with Crippen molar-refractivity contribution in [3.63, 3.8) is 0 Å². The van der Waals surface area contributed by atoms with Crippen molar-refractivity contribution in [2.24, 2.45) is 4.99 Å². The molecule has 4 heterocycles. The Kier molecular flexibility index (Phi) is 7.68. The molecular weight excluding hydrogens is 618 g/mol. The fourth-order valence-electron chi connectivity index (χ4n) is 7.89. The van der Waals surface area contributed by atoms with Crippen molar-refractivity contribution < 1.29 is 23.8 Å². The van der Waals surface area contributed by atoms with Crippen LogP contribution >= 0.6 is 23.2 Å². The number of aliphatic carboxylic acids is 1. The van der Waals surface area contributed by atoms with Gasteiger partial charge in [-0.1, -0.05) is 53.5 Å². The Morgan fingerprint density at radius 3 is 2.78 bits per heavy atom. The van der Waals surface area contributed by atoms with E-state index >= 15 is 4.39 Å². The standard InChI is InChI=1S/C34H31Cl2FN4O4/c1-2-45-22-6-3-5-19(13-22)17-41-28-11-12-40(18-20-15-38-16-24(20)32(42)43)31(28)29(23-7-4-8-26(36)30(23)37)34(41)25-10-9-21(35)14-27(25)39-33(34)44/h3-10,13-15,28-29,31H,2,11-12,16-18H2,1H3,(H,39,44)(H,42,43)/t28-,29-,31+,34+/m0/s1. The number of nitrogens with one attached hydrogen (secondary N) is 1. The van der Waals surface area contributed by atoms with Gasteiger partial charge < -0.3 is 15.2 Å². The maximum atomic E-state index is 16.3. The summed E-state index contributed by atoms with van der Waals surface area (Å²) in [5.41, 5.74) is 2.12. The minimum atomic E-state index is -1.32. The van der Waals surface area contributed by atoms with Crippen LogP contribution in [-0.4, -0.2) is 71.3 Å². The number of anilines is 1. The van der Waals surface area contributed by atoms with Crippen molar-refractivity contribution >= 4 is 47.0 Å². The normalized spacial score (nSPS) is 25.7. The molecule has 0 aliphatic carbocycles. The van der Waals surface area contributed by atoms with Crippen LogP contribution < -0.4 is 10.1 Å². The van der Waals surface area contributed by atoms with E-state index in [1.54, 1.807) is 30.5 Å². The van der Waals surface area contributed by atoms with E-state index in [1.807, 2.05) is 37.3 Å². The predicted molar refractivity (Wildman–Crippen MR) is 171 cm³/mol. The highest BCUT2D eigenvalue weighted by Crippen LogP contribution is 2.61. The number of nitrogens with zero attached hydrogens (tertiary/aromatic N) is 3. The van der Waals surface area contributed by atoms with Crippen LogP contribution in [0.25, 0.3) is 0 Å². The van der Waals surface area contributed by atoms with E-state index in [9.17, 15) is 14.7 Å². The third-order valence-electron chi connectivity index (χ3n) is 9.55. The molecule has 4 aliphatic heterocycles. The highest BCUT2D eigenvalue weighted by atomic mass is 35.5. The van der Waals surface area contributed by atoms with Gasteiger partial charge in [0.2, 0.25) is 5.91 Å². The topological polar surface area (TPSA) is 94.5 Å². The lowest BCUT2D eigenvalue weighted by molar-refractivity contribution is -0.132. The first-order valence-electron chi connectivity index (χ1n) is 15.0. The lowest BCUT2D eigenvalue weighted by Crippen LogP contribution is -2.52. The van der Waals surface area contributed by atoms with Gasteiger partial charge in [0.1, 0.15) is 17.1 Å². The van der Waals surface area contributed by atoms with Gasteiger partial charge in [-0.2, -0.15) is 0 Å². The third-order valence-corrected chi connectivity index (χ3v) is 10.1. The summed E-state index contributed by atoms with van der Waals surface area (Å²) in [6.07, 6.45) is 2.30. The average Bonchev–Trinajstić information content (AvgIpc) is 3.76. The summed E-state index contributed by atoms with van der Waals surface area (Å²) in [7, 11) is 0. The average molecular weight is 650 g/mol. The monoisotopic (exact) mass is 648 g/mol. The van der Waals surface area contributed by atoms with Crippen LogP contribution in [0.4, 0.5) is 10.1 Å². The molecule has 45 heavy (non-hydrogen) atoms. The molecule has 0 unspecified atom stereocenters. The first-order valence-corrected chi connectivity index (χ1v) is 15.7. The Hall–Kier alpha value is -3.76. The summed E-state index contributed by atoms with van der Waals surface area (Å²) in [6, 6.07) is 17.5. The van der Waals surface area contributed by atoms with Crippen LogP contribution in [-0.2, 0) is 21.7 Å². The van der Waals surface area contributed by atoms with Crippen LogP contribution in [0.3, 0.4) is 0 Å². The van der Waals surface area contributed by atoms with Crippen molar-refractivity contribution in [3.05, 3.63) is 104 Å². The summed E-state index contributed by atoms with van der Waals surface area (Å²) in [6.45, 7) is 3.87. The zero-order chi connectivity index (χ0) is 31.5. The molecule has 3 aromatic carbocycles. The zero-order valence-corrected chi connectivity index (χ0v) is 26.0. The number of hydrogen-bond donors (Lipinski definition) is 2. The highest BCUT2D eigenvalue weighted by Gasteiger charge is 2.69. The van der Waals surface area contributed by atoms with Crippen LogP contribution in [0.5, 0.6) is 5.75 Å². The minimum absolute atomic E-state index is 0.0276. The number of carboxylic acid groups (broad SMARTS) is 1. The maximum Gasteiger partial charge on any atom is 0.333 e. The van der Waals surface area contributed by atoms with Crippen molar-refractivity contribution in [2.45, 2.75) is 43.4 Å². The molecule has 0 bridgehead atoms. The van der Waals surface area contributed by atoms with E-state index < -0.39 is 23.2 Å². The minimum Gasteiger partial charge on any atom is -0.494 e. The molecular formula is C34H31Cl2FN4O4. The molecule has 0 saturated carbocycles. The van der Waals surface area contributed by atoms with E-state index in [4.69, 9.17) is 27.9 Å². The molecule has 11 heteroatoms. The van der Waals surface area contributed by atoms with Gasteiger partial charge in [0, 0.05) is 60.1 Å². The molecule has 2 fully saturated rings. The lowest BCUT2D eigenvalue weighted by Gasteiger charge is -2.41. The number of carbonyl (C=O) groups excluding carboxylic acids is 1. The van der Waals surface area contributed by atoms with Gasteiger partial charge in [0.25, 0.3) is 0 Å². The maximum absolute atomic E-state index is 16.3. The molecule has 4 atom stereocenters.